The van der Waals surface area contributed by atoms with E-state index in [0.29, 0.717) is 5.82 Å². The van der Waals surface area contributed by atoms with Gasteiger partial charge in [0.1, 0.15) is 5.82 Å². The summed E-state index contributed by atoms with van der Waals surface area (Å²) in [5.74, 6) is 0.271. The van der Waals surface area contributed by atoms with Gasteiger partial charge < -0.3 is 0 Å². The fourth-order valence-corrected chi connectivity index (χ4v) is 3.25. The molecule has 2 aromatic carbocycles. The number of aromatic nitrogens is 1. The van der Waals surface area contributed by atoms with E-state index in [1.807, 2.05) is 48.5 Å². The Morgan fingerprint density at radius 1 is 0.857 bits per heavy atom. The summed E-state index contributed by atoms with van der Waals surface area (Å²) < 4.78 is 26.8. The van der Waals surface area contributed by atoms with Gasteiger partial charge in [-0.25, -0.2) is 13.4 Å². The second kappa shape index (κ2) is 5.54. The summed E-state index contributed by atoms with van der Waals surface area (Å²) in [4.78, 5) is 4.31. The number of hydrogen-bond acceptors (Lipinski definition) is 3. The third-order valence-corrected chi connectivity index (χ3v) is 4.29. The average Bonchev–Trinajstić information content (AvgIpc) is 2.47. The lowest BCUT2D eigenvalue weighted by Gasteiger charge is -2.08. The molecule has 0 amide bonds. The summed E-state index contributed by atoms with van der Waals surface area (Å²) in [5.41, 5.74) is 1.50. The summed E-state index contributed by atoms with van der Waals surface area (Å²) in [6, 6.07) is 20.2. The number of benzene rings is 2. The van der Waals surface area contributed by atoms with Gasteiger partial charge >= 0.3 is 0 Å². The fraction of sp³-hybridized carbons (Fsp3) is 0.0625. The number of pyridine rings is 1. The van der Waals surface area contributed by atoms with Crippen molar-refractivity contribution in [2.75, 3.05) is 4.72 Å². The van der Waals surface area contributed by atoms with E-state index in [4.69, 9.17) is 0 Å². The summed E-state index contributed by atoms with van der Waals surface area (Å²) >= 11 is 0. The van der Waals surface area contributed by atoms with Crippen molar-refractivity contribution in [1.82, 2.24) is 4.98 Å². The molecule has 106 valence electrons. The highest BCUT2D eigenvalue weighted by atomic mass is 32.2. The molecule has 0 saturated carbocycles. The highest BCUT2D eigenvalue weighted by Crippen LogP contribution is 2.16. The minimum atomic E-state index is -3.47. The van der Waals surface area contributed by atoms with E-state index in [-0.39, 0.29) is 5.75 Å². The molecule has 0 aliphatic rings. The molecular weight excluding hydrogens is 284 g/mol. The number of fused-ring (bicyclic) bond motifs is 1. The molecule has 0 radical (unpaired) electrons. The fourth-order valence-electron chi connectivity index (χ4n) is 2.11. The van der Waals surface area contributed by atoms with E-state index >= 15 is 0 Å². The Hall–Kier alpha value is -2.40. The standard InChI is InChI=1S/C16H14N2O2S/c19-21(20,12-13-6-2-1-3-7-13)18-16-11-10-14-8-4-5-9-15(14)17-16/h1-11H,12H2,(H,17,18). The van der Waals surface area contributed by atoms with Crippen LogP contribution in [0.1, 0.15) is 5.56 Å². The zero-order chi connectivity index (χ0) is 14.7. The molecule has 0 fully saturated rings. The lowest BCUT2D eigenvalue weighted by atomic mass is 10.2. The summed E-state index contributed by atoms with van der Waals surface area (Å²) in [6.07, 6.45) is 0. The van der Waals surface area contributed by atoms with Crippen LogP contribution in [0.3, 0.4) is 0 Å². The van der Waals surface area contributed by atoms with Crippen molar-refractivity contribution in [2.45, 2.75) is 5.75 Å². The molecule has 0 atom stereocenters. The van der Waals surface area contributed by atoms with Crippen LogP contribution in [0.15, 0.2) is 66.7 Å². The van der Waals surface area contributed by atoms with Crippen LogP contribution in [0.5, 0.6) is 0 Å². The van der Waals surface area contributed by atoms with Gasteiger partial charge in [-0.1, -0.05) is 48.5 Å². The predicted molar refractivity (Wildman–Crippen MR) is 84.4 cm³/mol. The molecule has 1 aromatic heterocycles. The Morgan fingerprint density at radius 2 is 1.57 bits per heavy atom. The molecule has 0 spiro atoms. The molecule has 0 saturated heterocycles. The van der Waals surface area contributed by atoms with Crippen molar-refractivity contribution in [3.63, 3.8) is 0 Å². The van der Waals surface area contributed by atoms with Crippen LogP contribution in [0.25, 0.3) is 10.9 Å². The lowest BCUT2D eigenvalue weighted by Crippen LogP contribution is -2.15. The molecule has 1 N–H and O–H groups in total. The molecular formula is C16H14N2O2S. The van der Waals surface area contributed by atoms with E-state index in [1.54, 1.807) is 18.2 Å². The maximum absolute atomic E-state index is 12.2. The van der Waals surface area contributed by atoms with E-state index in [2.05, 4.69) is 9.71 Å². The molecule has 0 aliphatic carbocycles. The highest BCUT2D eigenvalue weighted by Gasteiger charge is 2.12. The van der Waals surface area contributed by atoms with Crippen LogP contribution in [-0.2, 0) is 15.8 Å². The summed E-state index contributed by atoms with van der Waals surface area (Å²) in [5, 5.41) is 0.975. The minimum absolute atomic E-state index is 0.0671. The second-order valence-electron chi connectivity index (χ2n) is 4.74. The number of anilines is 1. The molecule has 21 heavy (non-hydrogen) atoms. The summed E-state index contributed by atoms with van der Waals surface area (Å²) in [7, 11) is -3.47. The van der Waals surface area contributed by atoms with Crippen molar-refractivity contribution in [3.05, 3.63) is 72.3 Å². The first-order chi connectivity index (χ1) is 10.1. The van der Waals surface area contributed by atoms with Gasteiger partial charge in [0.25, 0.3) is 0 Å². The quantitative estimate of drug-likeness (QED) is 0.805. The topological polar surface area (TPSA) is 59.1 Å². The normalized spacial score (nSPS) is 11.4. The molecule has 0 aliphatic heterocycles. The number of sulfonamides is 1. The van der Waals surface area contributed by atoms with Crippen molar-refractivity contribution in [2.24, 2.45) is 0 Å². The van der Waals surface area contributed by atoms with Gasteiger partial charge in [-0.05, 0) is 23.8 Å². The number of nitrogens with one attached hydrogen (secondary N) is 1. The van der Waals surface area contributed by atoms with Gasteiger partial charge in [0, 0.05) is 5.39 Å². The first-order valence-electron chi connectivity index (χ1n) is 6.53. The van der Waals surface area contributed by atoms with Crippen LogP contribution in [0.2, 0.25) is 0 Å². The molecule has 1 heterocycles. The molecule has 0 bridgehead atoms. The zero-order valence-electron chi connectivity index (χ0n) is 11.2. The number of rotatable bonds is 4. The second-order valence-corrected chi connectivity index (χ2v) is 6.46. The van der Waals surface area contributed by atoms with E-state index in [0.717, 1.165) is 16.5 Å². The SMILES string of the molecule is O=S(=O)(Cc1ccccc1)Nc1ccc2ccccc2n1. The summed E-state index contributed by atoms with van der Waals surface area (Å²) in [6.45, 7) is 0. The number of nitrogens with zero attached hydrogens (tertiary/aromatic N) is 1. The van der Waals surface area contributed by atoms with Gasteiger partial charge in [-0.3, -0.25) is 4.72 Å². The lowest BCUT2D eigenvalue weighted by molar-refractivity contribution is 0.600. The molecule has 0 unspecified atom stereocenters. The maximum Gasteiger partial charge on any atom is 0.238 e. The molecule has 3 aromatic rings. The van der Waals surface area contributed by atoms with Gasteiger partial charge in [-0.2, -0.15) is 0 Å². The first-order valence-corrected chi connectivity index (χ1v) is 8.18. The van der Waals surface area contributed by atoms with E-state index < -0.39 is 10.0 Å². The van der Waals surface area contributed by atoms with Crippen molar-refractivity contribution in [3.8, 4) is 0 Å². The Kier molecular flexibility index (Phi) is 3.58. The van der Waals surface area contributed by atoms with Crippen LogP contribution in [0, 0.1) is 0 Å². The van der Waals surface area contributed by atoms with Crippen molar-refractivity contribution in [1.29, 1.82) is 0 Å². The molecule has 4 nitrogen and oxygen atoms in total. The minimum Gasteiger partial charge on any atom is -0.267 e. The molecule has 3 rings (SSSR count). The van der Waals surface area contributed by atoms with Gasteiger partial charge in [0.05, 0.1) is 11.3 Å². The van der Waals surface area contributed by atoms with E-state index in [9.17, 15) is 8.42 Å². The predicted octanol–water partition coefficient (Wildman–Crippen LogP) is 3.18. The van der Waals surface area contributed by atoms with Gasteiger partial charge in [0.15, 0.2) is 0 Å². The largest absolute Gasteiger partial charge is 0.267 e. The third-order valence-electron chi connectivity index (χ3n) is 3.06. The Morgan fingerprint density at radius 3 is 2.38 bits per heavy atom. The number of hydrogen-bond donors (Lipinski definition) is 1. The van der Waals surface area contributed by atoms with Crippen LogP contribution in [0.4, 0.5) is 5.82 Å². The van der Waals surface area contributed by atoms with E-state index in [1.165, 1.54) is 0 Å². The smallest absolute Gasteiger partial charge is 0.238 e. The average molecular weight is 298 g/mol. The highest BCUT2D eigenvalue weighted by molar-refractivity contribution is 7.91. The third kappa shape index (κ3) is 3.38. The first kappa shape index (κ1) is 13.6. The zero-order valence-corrected chi connectivity index (χ0v) is 12.0. The van der Waals surface area contributed by atoms with Crippen LogP contribution < -0.4 is 4.72 Å². The number of para-hydroxylation sites is 1. The monoisotopic (exact) mass is 298 g/mol. The Balaban J connectivity index is 1.83. The Labute approximate surface area is 123 Å². The van der Waals surface area contributed by atoms with Gasteiger partial charge in [-0.15, -0.1) is 0 Å². The van der Waals surface area contributed by atoms with Crippen molar-refractivity contribution >= 4 is 26.7 Å². The van der Waals surface area contributed by atoms with Crippen molar-refractivity contribution < 1.29 is 8.42 Å². The molecule has 5 heteroatoms. The van der Waals surface area contributed by atoms with Gasteiger partial charge in [0.2, 0.25) is 10.0 Å². The van der Waals surface area contributed by atoms with Crippen LogP contribution in [-0.4, -0.2) is 13.4 Å². The Bertz CT molecular complexity index is 862. The maximum atomic E-state index is 12.2. The van der Waals surface area contributed by atoms with Crippen LogP contribution >= 0.6 is 0 Å².